The minimum absolute atomic E-state index is 0.0196. The molecule has 146 valence electrons. The van der Waals surface area contributed by atoms with Crippen LogP contribution >= 0.6 is 11.6 Å². The van der Waals surface area contributed by atoms with Gasteiger partial charge in [-0.25, -0.2) is 0 Å². The molecule has 0 saturated carbocycles. The number of hydrogen-bond acceptors (Lipinski definition) is 4. The lowest BCUT2D eigenvalue weighted by Gasteiger charge is -2.17. The Hall–Kier alpha value is -2.40. The summed E-state index contributed by atoms with van der Waals surface area (Å²) >= 11 is 5.84. The highest BCUT2D eigenvalue weighted by Gasteiger charge is 2.09. The van der Waals surface area contributed by atoms with Crippen molar-refractivity contribution in [2.24, 2.45) is 0 Å². The predicted octanol–water partition coefficient (Wildman–Crippen LogP) is 4.44. The Labute approximate surface area is 165 Å². The number of amides is 1. The lowest BCUT2D eigenvalue weighted by molar-refractivity contribution is -0.132. The molecule has 2 aromatic rings. The second-order valence-electron chi connectivity index (χ2n) is 6.02. The highest BCUT2D eigenvalue weighted by atomic mass is 35.5. The quantitative estimate of drug-likeness (QED) is 0.531. The van der Waals surface area contributed by atoms with Crippen molar-refractivity contribution >= 4 is 17.5 Å². The average molecular weight is 392 g/mol. The van der Waals surface area contributed by atoms with E-state index in [1.54, 1.807) is 36.2 Å². The van der Waals surface area contributed by atoms with E-state index in [1.165, 1.54) is 0 Å². The second-order valence-corrected chi connectivity index (χ2v) is 6.45. The topological polar surface area (TPSA) is 48.0 Å². The summed E-state index contributed by atoms with van der Waals surface area (Å²) in [7, 11) is 1.78. The van der Waals surface area contributed by atoms with Gasteiger partial charge in [-0.3, -0.25) is 4.79 Å². The van der Waals surface area contributed by atoms with E-state index in [2.05, 4.69) is 0 Å². The van der Waals surface area contributed by atoms with Gasteiger partial charge in [0.05, 0.1) is 13.2 Å². The van der Waals surface area contributed by atoms with E-state index in [4.69, 9.17) is 25.8 Å². The van der Waals surface area contributed by atoms with E-state index in [0.29, 0.717) is 30.5 Å². The fourth-order valence-corrected chi connectivity index (χ4v) is 2.48. The van der Waals surface area contributed by atoms with Crippen molar-refractivity contribution in [1.82, 2.24) is 4.90 Å². The number of nitrogens with zero attached hydrogens (tertiary/aromatic N) is 1. The van der Waals surface area contributed by atoms with Crippen molar-refractivity contribution in [3.63, 3.8) is 0 Å². The Morgan fingerprint density at radius 2 is 1.44 bits per heavy atom. The van der Waals surface area contributed by atoms with Crippen LogP contribution in [0.15, 0.2) is 48.5 Å². The summed E-state index contributed by atoms with van der Waals surface area (Å²) in [6.07, 6.45) is 1.72. The van der Waals surface area contributed by atoms with Crippen LogP contribution in [0.5, 0.6) is 17.2 Å². The van der Waals surface area contributed by atoms with Gasteiger partial charge in [-0.05, 0) is 68.3 Å². The number of hydrogen-bond donors (Lipinski definition) is 0. The Balaban J connectivity index is 1.60. The van der Waals surface area contributed by atoms with E-state index in [9.17, 15) is 4.79 Å². The molecule has 0 aliphatic heterocycles. The van der Waals surface area contributed by atoms with E-state index in [1.807, 2.05) is 31.2 Å². The minimum atomic E-state index is -0.0532. The first-order valence-corrected chi connectivity index (χ1v) is 9.44. The number of carbonyl (C=O) groups excluding carboxylic acids is 1. The summed E-state index contributed by atoms with van der Waals surface area (Å²) in [6.45, 7) is 3.84. The number of rotatable bonds is 11. The summed E-state index contributed by atoms with van der Waals surface area (Å²) in [6, 6.07) is 14.5. The van der Waals surface area contributed by atoms with Crippen molar-refractivity contribution in [2.45, 2.75) is 19.8 Å². The van der Waals surface area contributed by atoms with Crippen LogP contribution < -0.4 is 14.2 Å². The molecule has 6 heteroatoms. The summed E-state index contributed by atoms with van der Waals surface area (Å²) < 4.78 is 16.5. The van der Waals surface area contributed by atoms with Crippen LogP contribution in [0.2, 0.25) is 5.02 Å². The number of benzene rings is 2. The van der Waals surface area contributed by atoms with Crippen molar-refractivity contribution in [3.05, 3.63) is 53.6 Å². The van der Waals surface area contributed by atoms with Crippen molar-refractivity contribution in [1.29, 1.82) is 0 Å². The summed E-state index contributed by atoms with van der Waals surface area (Å²) in [5.74, 6) is 2.18. The number of unbranched alkanes of at least 4 members (excludes halogenated alkanes) is 1. The molecular weight excluding hydrogens is 366 g/mol. The first-order valence-electron chi connectivity index (χ1n) is 9.06. The Morgan fingerprint density at radius 3 is 2.07 bits per heavy atom. The van der Waals surface area contributed by atoms with Gasteiger partial charge in [0.15, 0.2) is 6.61 Å². The zero-order valence-corrected chi connectivity index (χ0v) is 16.6. The number of halogens is 1. The molecule has 0 aromatic heterocycles. The standard InChI is InChI=1S/C21H26ClNO4/c1-3-25-18-10-12-20(13-11-18)27-16-21(24)23(2)14-4-5-15-26-19-8-6-17(22)7-9-19/h6-13H,3-5,14-16H2,1-2H3. The van der Waals surface area contributed by atoms with Crippen LogP contribution in [0.25, 0.3) is 0 Å². The van der Waals surface area contributed by atoms with Crippen LogP contribution in [0, 0.1) is 0 Å². The molecule has 2 rings (SSSR count). The van der Waals surface area contributed by atoms with E-state index < -0.39 is 0 Å². The van der Waals surface area contributed by atoms with Gasteiger partial charge in [-0.1, -0.05) is 11.6 Å². The third-order valence-electron chi connectivity index (χ3n) is 3.89. The fraction of sp³-hybridized carbons (Fsp3) is 0.381. The van der Waals surface area contributed by atoms with Crippen LogP contribution in [0.3, 0.4) is 0 Å². The van der Waals surface area contributed by atoms with E-state index in [0.717, 1.165) is 24.3 Å². The second kappa shape index (κ2) is 11.3. The molecule has 5 nitrogen and oxygen atoms in total. The van der Waals surface area contributed by atoms with Crippen molar-refractivity contribution in [3.8, 4) is 17.2 Å². The van der Waals surface area contributed by atoms with E-state index >= 15 is 0 Å². The van der Waals surface area contributed by atoms with Gasteiger partial charge < -0.3 is 19.1 Å². The van der Waals surface area contributed by atoms with Gasteiger partial charge in [0.25, 0.3) is 5.91 Å². The van der Waals surface area contributed by atoms with E-state index in [-0.39, 0.29) is 12.5 Å². The molecule has 0 aliphatic carbocycles. The lowest BCUT2D eigenvalue weighted by Crippen LogP contribution is -2.32. The smallest absolute Gasteiger partial charge is 0.260 e. The number of carbonyl (C=O) groups is 1. The summed E-state index contributed by atoms with van der Waals surface area (Å²) in [5.41, 5.74) is 0. The van der Waals surface area contributed by atoms with Crippen LogP contribution in [0.4, 0.5) is 0 Å². The molecule has 0 radical (unpaired) electrons. The summed E-state index contributed by atoms with van der Waals surface area (Å²) in [5, 5.41) is 0.690. The molecule has 0 spiro atoms. The molecule has 0 atom stereocenters. The van der Waals surface area contributed by atoms with Crippen LogP contribution in [-0.4, -0.2) is 44.2 Å². The highest BCUT2D eigenvalue weighted by molar-refractivity contribution is 6.30. The largest absolute Gasteiger partial charge is 0.494 e. The normalized spacial score (nSPS) is 10.3. The number of likely N-dealkylation sites (N-methyl/N-ethyl adjacent to an activating group) is 1. The SMILES string of the molecule is CCOc1ccc(OCC(=O)N(C)CCCCOc2ccc(Cl)cc2)cc1. The molecule has 2 aromatic carbocycles. The summed E-state index contributed by atoms with van der Waals surface area (Å²) in [4.78, 5) is 13.8. The third-order valence-corrected chi connectivity index (χ3v) is 4.15. The van der Waals surface area contributed by atoms with Gasteiger partial charge in [0.2, 0.25) is 0 Å². The maximum atomic E-state index is 12.1. The highest BCUT2D eigenvalue weighted by Crippen LogP contribution is 2.18. The molecule has 0 unspecified atom stereocenters. The van der Waals surface area contributed by atoms with Crippen LogP contribution in [0.1, 0.15) is 19.8 Å². The van der Waals surface area contributed by atoms with Gasteiger partial charge >= 0.3 is 0 Å². The maximum absolute atomic E-state index is 12.1. The lowest BCUT2D eigenvalue weighted by atomic mass is 10.3. The van der Waals surface area contributed by atoms with Crippen molar-refractivity contribution in [2.75, 3.05) is 33.4 Å². The van der Waals surface area contributed by atoms with Crippen LogP contribution in [-0.2, 0) is 4.79 Å². The molecule has 0 heterocycles. The average Bonchev–Trinajstić information content (AvgIpc) is 2.68. The molecule has 0 N–H and O–H groups in total. The molecule has 0 aliphatic rings. The Kier molecular flexibility index (Phi) is 8.78. The predicted molar refractivity (Wildman–Crippen MR) is 107 cm³/mol. The first-order chi connectivity index (χ1) is 13.1. The first kappa shape index (κ1) is 20.9. The van der Waals surface area contributed by atoms with Crippen molar-refractivity contribution < 1.29 is 19.0 Å². The monoisotopic (exact) mass is 391 g/mol. The molecule has 27 heavy (non-hydrogen) atoms. The van der Waals surface area contributed by atoms with Gasteiger partial charge in [-0.15, -0.1) is 0 Å². The maximum Gasteiger partial charge on any atom is 0.260 e. The molecule has 1 amide bonds. The Bertz CT molecular complexity index is 688. The third kappa shape index (κ3) is 7.79. The Morgan fingerprint density at radius 1 is 0.889 bits per heavy atom. The van der Waals surface area contributed by atoms with Gasteiger partial charge in [0, 0.05) is 18.6 Å². The minimum Gasteiger partial charge on any atom is -0.494 e. The van der Waals surface area contributed by atoms with Gasteiger partial charge in [0.1, 0.15) is 17.2 Å². The number of ether oxygens (including phenoxy) is 3. The molecular formula is C21H26ClNO4. The molecule has 0 saturated heterocycles. The zero-order chi connectivity index (χ0) is 19.5. The molecule has 0 fully saturated rings. The zero-order valence-electron chi connectivity index (χ0n) is 15.8. The fourth-order valence-electron chi connectivity index (χ4n) is 2.35. The van der Waals surface area contributed by atoms with Gasteiger partial charge in [-0.2, -0.15) is 0 Å². The molecule has 0 bridgehead atoms.